The van der Waals surface area contributed by atoms with Crippen LogP contribution in [0.1, 0.15) is 31.1 Å². The number of nitrogens with zero attached hydrogens (tertiary/aromatic N) is 1. The van der Waals surface area contributed by atoms with Crippen LogP contribution in [-0.4, -0.2) is 24.4 Å². The summed E-state index contributed by atoms with van der Waals surface area (Å²) in [6.45, 7) is 6.09. The van der Waals surface area contributed by atoms with Crippen LogP contribution in [0.2, 0.25) is 0 Å². The number of carbonyl (C=O) groups is 3. The highest BCUT2D eigenvalue weighted by atomic mass is 16.5. The van der Waals surface area contributed by atoms with Crippen molar-refractivity contribution < 1.29 is 19.1 Å². The van der Waals surface area contributed by atoms with Crippen LogP contribution in [0.4, 0.5) is 5.69 Å². The summed E-state index contributed by atoms with van der Waals surface area (Å²) in [7, 11) is 0. The molecule has 1 aliphatic heterocycles. The van der Waals surface area contributed by atoms with Crippen LogP contribution in [0.3, 0.4) is 0 Å². The Kier molecular flexibility index (Phi) is 3.83. The molecule has 2 aliphatic carbocycles. The van der Waals surface area contributed by atoms with Gasteiger partial charge in [0, 0.05) is 11.8 Å². The molecule has 0 spiro atoms. The van der Waals surface area contributed by atoms with Crippen molar-refractivity contribution in [2.75, 3.05) is 11.5 Å². The monoisotopic (exact) mass is 351 g/mol. The standard InChI is InChI=1S/C21H21NO4/c1-4-26-21(25)12-6-5-7-13(10-12)22-19(23)17-14-8-9-15(16(14)11(2)3)18(17)20(22)24/h5-10,14-15,17-18H,4H2,1-3H3/t14-,15-,17-,18+/m1/s1. The summed E-state index contributed by atoms with van der Waals surface area (Å²) >= 11 is 0. The van der Waals surface area contributed by atoms with Gasteiger partial charge in [-0.05, 0) is 39.0 Å². The Bertz CT molecular complexity index is 844. The fraction of sp³-hybridized carbons (Fsp3) is 0.381. The smallest absolute Gasteiger partial charge is 0.338 e. The summed E-state index contributed by atoms with van der Waals surface area (Å²) in [5.74, 6) is -1.41. The first kappa shape index (κ1) is 16.8. The Labute approximate surface area is 152 Å². The second-order valence-corrected chi connectivity index (χ2v) is 7.23. The Morgan fingerprint density at radius 3 is 2.23 bits per heavy atom. The molecule has 2 bridgehead atoms. The second-order valence-electron chi connectivity index (χ2n) is 7.23. The van der Waals surface area contributed by atoms with E-state index in [0.717, 1.165) is 0 Å². The van der Waals surface area contributed by atoms with Crippen molar-refractivity contribution in [3.63, 3.8) is 0 Å². The number of carbonyl (C=O) groups excluding carboxylic acids is 3. The molecule has 2 amide bonds. The van der Waals surface area contributed by atoms with Crippen molar-refractivity contribution in [2.45, 2.75) is 20.8 Å². The van der Waals surface area contributed by atoms with E-state index in [9.17, 15) is 14.4 Å². The first-order valence-corrected chi connectivity index (χ1v) is 8.96. The number of imide groups is 1. The van der Waals surface area contributed by atoms with Crippen molar-refractivity contribution in [2.24, 2.45) is 23.7 Å². The molecule has 134 valence electrons. The largest absolute Gasteiger partial charge is 0.462 e. The molecular formula is C21H21NO4. The zero-order valence-electron chi connectivity index (χ0n) is 15.1. The zero-order valence-corrected chi connectivity index (χ0v) is 15.1. The number of esters is 1. The molecule has 0 aromatic heterocycles. The number of anilines is 1. The minimum Gasteiger partial charge on any atom is -0.462 e. The van der Waals surface area contributed by atoms with Gasteiger partial charge in [0.15, 0.2) is 0 Å². The highest BCUT2D eigenvalue weighted by molar-refractivity contribution is 6.23. The third kappa shape index (κ3) is 2.19. The van der Waals surface area contributed by atoms with E-state index >= 15 is 0 Å². The molecule has 5 heteroatoms. The number of ether oxygens (including phenoxy) is 1. The van der Waals surface area contributed by atoms with E-state index in [-0.39, 0.29) is 42.1 Å². The Balaban J connectivity index is 1.69. The minimum atomic E-state index is -0.456. The van der Waals surface area contributed by atoms with E-state index in [1.165, 1.54) is 16.0 Å². The predicted molar refractivity (Wildman–Crippen MR) is 96.4 cm³/mol. The average Bonchev–Trinajstić information content (AvgIpc) is 3.25. The molecule has 2 fully saturated rings. The molecule has 26 heavy (non-hydrogen) atoms. The number of allylic oxidation sites excluding steroid dienone is 4. The Morgan fingerprint density at radius 2 is 1.69 bits per heavy atom. The van der Waals surface area contributed by atoms with Gasteiger partial charge in [-0.25, -0.2) is 9.69 Å². The number of hydrogen-bond donors (Lipinski definition) is 0. The highest BCUT2D eigenvalue weighted by Gasteiger charge is 2.61. The average molecular weight is 351 g/mol. The lowest BCUT2D eigenvalue weighted by molar-refractivity contribution is -0.122. The van der Waals surface area contributed by atoms with E-state index in [2.05, 4.69) is 12.2 Å². The molecule has 4 atom stereocenters. The van der Waals surface area contributed by atoms with Crippen molar-refractivity contribution in [1.82, 2.24) is 0 Å². The fourth-order valence-electron chi connectivity index (χ4n) is 4.67. The number of hydrogen-bond acceptors (Lipinski definition) is 4. The van der Waals surface area contributed by atoms with Gasteiger partial charge in [-0.2, -0.15) is 0 Å². The van der Waals surface area contributed by atoms with Crippen molar-refractivity contribution >= 4 is 23.5 Å². The van der Waals surface area contributed by atoms with Crippen molar-refractivity contribution in [3.05, 3.63) is 53.1 Å². The first-order valence-electron chi connectivity index (χ1n) is 8.96. The van der Waals surface area contributed by atoms with Gasteiger partial charge in [0.05, 0.1) is 29.7 Å². The quantitative estimate of drug-likeness (QED) is 0.477. The molecule has 4 rings (SSSR count). The fourth-order valence-corrected chi connectivity index (χ4v) is 4.67. The number of fused-ring (bicyclic) bond motifs is 5. The van der Waals surface area contributed by atoms with Gasteiger partial charge in [-0.3, -0.25) is 9.59 Å². The van der Waals surface area contributed by atoms with Gasteiger partial charge in [0.25, 0.3) is 0 Å². The number of benzene rings is 1. The van der Waals surface area contributed by atoms with Gasteiger partial charge in [0.1, 0.15) is 0 Å². The van der Waals surface area contributed by atoms with Crippen molar-refractivity contribution in [1.29, 1.82) is 0 Å². The number of amides is 2. The van der Waals surface area contributed by atoms with Crippen LogP contribution in [0.15, 0.2) is 47.6 Å². The summed E-state index contributed by atoms with van der Waals surface area (Å²) in [4.78, 5) is 39.4. The predicted octanol–water partition coefficient (Wildman–Crippen LogP) is 3.12. The Morgan fingerprint density at radius 1 is 1.08 bits per heavy atom. The molecule has 1 aromatic carbocycles. The maximum atomic E-state index is 13.1. The van der Waals surface area contributed by atoms with Crippen LogP contribution in [0, 0.1) is 23.7 Å². The lowest BCUT2D eigenvalue weighted by Gasteiger charge is -2.19. The summed E-state index contributed by atoms with van der Waals surface area (Å²) < 4.78 is 5.01. The normalized spacial score (nSPS) is 28.7. The maximum absolute atomic E-state index is 13.1. The zero-order chi connectivity index (χ0) is 18.6. The van der Waals surface area contributed by atoms with E-state index in [4.69, 9.17) is 4.74 Å². The van der Waals surface area contributed by atoms with Crippen LogP contribution < -0.4 is 4.90 Å². The van der Waals surface area contributed by atoms with Crippen LogP contribution in [0.25, 0.3) is 0 Å². The summed E-state index contributed by atoms with van der Waals surface area (Å²) in [6, 6.07) is 6.55. The van der Waals surface area contributed by atoms with Crippen LogP contribution in [-0.2, 0) is 14.3 Å². The molecule has 1 heterocycles. The SMILES string of the molecule is CCOC(=O)c1cccc(N2C(=O)[C@@H]3[C@H](C2=O)[C@@H]2C=C[C@@H]3C2=C(C)C)c1. The molecule has 1 aromatic rings. The van der Waals surface area contributed by atoms with E-state index < -0.39 is 5.97 Å². The summed E-state index contributed by atoms with van der Waals surface area (Å²) in [5, 5.41) is 0. The summed E-state index contributed by atoms with van der Waals surface area (Å²) in [6.07, 6.45) is 4.13. The summed E-state index contributed by atoms with van der Waals surface area (Å²) in [5.41, 5.74) is 3.20. The van der Waals surface area contributed by atoms with Gasteiger partial charge in [-0.15, -0.1) is 0 Å². The van der Waals surface area contributed by atoms with E-state index in [1.807, 2.05) is 13.8 Å². The molecule has 0 radical (unpaired) electrons. The lowest BCUT2D eigenvalue weighted by atomic mass is 9.85. The lowest BCUT2D eigenvalue weighted by Crippen LogP contribution is -2.33. The Hall–Kier alpha value is -2.69. The molecular weight excluding hydrogens is 330 g/mol. The topological polar surface area (TPSA) is 63.7 Å². The van der Waals surface area contributed by atoms with E-state index in [0.29, 0.717) is 11.3 Å². The molecule has 0 unspecified atom stereocenters. The highest BCUT2D eigenvalue weighted by Crippen LogP contribution is 2.57. The third-order valence-electron chi connectivity index (χ3n) is 5.61. The minimum absolute atomic E-state index is 0.0182. The van der Waals surface area contributed by atoms with Gasteiger partial charge >= 0.3 is 5.97 Å². The van der Waals surface area contributed by atoms with Crippen LogP contribution in [0.5, 0.6) is 0 Å². The molecule has 3 aliphatic rings. The first-order chi connectivity index (χ1) is 12.5. The van der Waals surface area contributed by atoms with Gasteiger partial charge < -0.3 is 4.74 Å². The van der Waals surface area contributed by atoms with Gasteiger partial charge in [0.2, 0.25) is 11.8 Å². The van der Waals surface area contributed by atoms with Crippen LogP contribution >= 0.6 is 0 Å². The maximum Gasteiger partial charge on any atom is 0.338 e. The molecule has 1 saturated heterocycles. The molecule has 0 N–H and O–H groups in total. The molecule has 1 saturated carbocycles. The van der Waals surface area contributed by atoms with E-state index in [1.54, 1.807) is 31.2 Å². The van der Waals surface area contributed by atoms with Gasteiger partial charge in [-0.1, -0.05) is 29.4 Å². The second kappa shape index (κ2) is 5.94. The molecule has 5 nitrogen and oxygen atoms in total. The number of rotatable bonds is 3. The third-order valence-corrected chi connectivity index (χ3v) is 5.61. The van der Waals surface area contributed by atoms with Crippen molar-refractivity contribution in [3.8, 4) is 0 Å².